The second kappa shape index (κ2) is 7.98. The van der Waals surface area contributed by atoms with Gasteiger partial charge in [0.1, 0.15) is 5.75 Å². The van der Waals surface area contributed by atoms with Crippen LogP contribution in [0.3, 0.4) is 0 Å². The molecule has 0 aromatic heterocycles. The molecule has 2 rings (SSSR count). The highest BCUT2D eigenvalue weighted by Gasteiger charge is 2.15. The number of methoxy groups -OCH3 is 1. The summed E-state index contributed by atoms with van der Waals surface area (Å²) in [6.45, 7) is 4.03. The van der Waals surface area contributed by atoms with Gasteiger partial charge in [-0.2, -0.15) is 5.10 Å². The highest BCUT2D eigenvalue weighted by atomic mass is 16.5. The fourth-order valence-electron chi connectivity index (χ4n) is 2.03. The number of rotatable bonds is 6. The SMILES string of the molecule is CCOC(=O)/C(=N\Nc1ccc(C)cc1OC)c1ccccc1. The van der Waals surface area contributed by atoms with Crippen LogP contribution in [-0.4, -0.2) is 25.4 Å². The molecule has 0 saturated heterocycles. The van der Waals surface area contributed by atoms with Crippen LogP contribution in [0.1, 0.15) is 18.1 Å². The molecule has 2 aromatic carbocycles. The van der Waals surface area contributed by atoms with Crippen LogP contribution in [0.25, 0.3) is 0 Å². The zero-order valence-electron chi connectivity index (χ0n) is 13.5. The predicted molar refractivity (Wildman–Crippen MR) is 91.0 cm³/mol. The summed E-state index contributed by atoms with van der Waals surface area (Å²) in [4.78, 5) is 12.1. The molecule has 1 N–H and O–H groups in total. The quantitative estimate of drug-likeness (QED) is 0.504. The number of carbonyl (C=O) groups excluding carboxylic acids is 1. The van der Waals surface area contributed by atoms with Gasteiger partial charge in [-0.3, -0.25) is 5.43 Å². The molecule has 5 nitrogen and oxygen atoms in total. The van der Waals surface area contributed by atoms with Gasteiger partial charge in [-0.25, -0.2) is 4.79 Å². The van der Waals surface area contributed by atoms with Crippen LogP contribution in [0.15, 0.2) is 53.6 Å². The van der Waals surface area contributed by atoms with Crippen LogP contribution in [0.2, 0.25) is 0 Å². The van der Waals surface area contributed by atoms with Crippen LogP contribution < -0.4 is 10.2 Å². The van der Waals surface area contributed by atoms with Gasteiger partial charge < -0.3 is 9.47 Å². The van der Waals surface area contributed by atoms with Crippen LogP contribution in [0.5, 0.6) is 5.75 Å². The monoisotopic (exact) mass is 312 g/mol. The average Bonchev–Trinajstić information content (AvgIpc) is 2.57. The third-order valence-electron chi connectivity index (χ3n) is 3.16. The van der Waals surface area contributed by atoms with E-state index in [1.54, 1.807) is 14.0 Å². The highest BCUT2D eigenvalue weighted by Crippen LogP contribution is 2.25. The molecule has 0 unspecified atom stereocenters. The topological polar surface area (TPSA) is 59.9 Å². The molecular formula is C18H20N2O3. The molecule has 0 aliphatic carbocycles. The summed E-state index contributed by atoms with van der Waals surface area (Å²) in [5.74, 6) is 0.183. The highest BCUT2D eigenvalue weighted by molar-refractivity contribution is 6.43. The summed E-state index contributed by atoms with van der Waals surface area (Å²) >= 11 is 0. The number of ether oxygens (including phenoxy) is 2. The zero-order chi connectivity index (χ0) is 16.7. The van der Waals surface area contributed by atoms with Crippen molar-refractivity contribution in [1.29, 1.82) is 0 Å². The Hall–Kier alpha value is -2.82. The lowest BCUT2D eigenvalue weighted by Gasteiger charge is -2.10. The van der Waals surface area contributed by atoms with Crippen molar-refractivity contribution in [3.8, 4) is 5.75 Å². The molecule has 0 amide bonds. The van der Waals surface area contributed by atoms with Gasteiger partial charge in [-0.1, -0.05) is 36.4 Å². The summed E-state index contributed by atoms with van der Waals surface area (Å²) in [6, 6.07) is 14.9. The number of carbonyl (C=O) groups is 1. The lowest BCUT2D eigenvalue weighted by molar-refractivity contribution is -0.134. The van der Waals surface area contributed by atoms with E-state index >= 15 is 0 Å². The number of esters is 1. The first-order chi connectivity index (χ1) is 11.2. The Bertz CT molecular complexity index is 697. The second-order valence-electron chi connectivity index (χ2n) is 4.86. The molecular weight excluding hydrogens is 292 g/mol. The number of hydrogen-bond acceptors (Lipinski definition) is 5. The van der Waals surface area contributed by atoms with Crippen molar-refractivity contribution in [2.75, 3.05) is 19.1 Å². The Morgan fingerprint density at radius 2 is 1.91 bits per heavy atom. The maximum absolute atomic E-state index is 12.1. The number of hydrogen-bond donors (Lipinski definition) is 1. The molecule has 0 spiro atoms. The smallest absolute Gasteiger partial charge is 0.359 e. The Kier molecular flexibility index (Phi) is 5.74. The van der Waals surface area contributed by atoms with Gasteiger partial charge in [0.15, 0.2) is 5.71 Å². The Labute approximate surface area is 135 Å². The van der Waals surface area contributed by atoms with Crippen molar-refractivity contribution < 1.29 is 14.3 Å². The zero-order valence-corrected chi connectivity index (χ0v) is 13.5. The van der Waals surface area contributed by atoms with E-state index in [4.69, 9.17) is 9.47 Å². The molecule has 0 radical (unpaired) electrons. The molecule has 120 valence electrons. The van der Waals surface area contributed by atoms with Crippen LogP contribution >= 0.6 is 0 Å². The largest absolute Gasteiger partial charge is 0.495 e. The van der Waals surface area contributed by atoms with Gasteiger partial charge in [-0.05, 0) is 31.5 Å². The van der Waals surface area contributed by atoms with E-state index in [0.717, 1.165) is 5.56 Å². The second-order valence-corrected chi connectivity index (χ2v) is 4.86. The number of nitrogens with one attached hydrogen (secondary N) is 1. The molecule has 0 fully saturated rings. The Morgan fingerprint density at radius 3 is 2.57 bits per heavy atom. The standard InChI is InChI=1S/C18H20N2O3/c1-4-23-18(21)17(14-8-6-5-7-9-14)20-19-15-11-10-13(2)12-16(15)22-3/h5-12,19H,4H2,1-3H3/b20-17-. The molecule has 23 heavy (non-hydrogen) atoms. The van der Waals surface area contributed by atoms with Gasteiger partial charge >= 0.3 is 5.97 Å². The van der Waals surface area contributed by atoms with Crippen molar-refractivity contribution in [2.24, 2.45) is 5.10 Å². The summed E-state index contributed by atoms with van der Waals surface area (Å²) in [6.07, 6.45) is 0. The summed E-state index contributed by atoms with van der Waals surface area (Å²) in [5, 5.41) is 4.23. The van der Waals surface area contributed by atoms with Crippen molar-refractivity contribution in [3.63, 3.8) is 0 Å². The third-order valence-corrected chi connectivity index (χ3v) is 3.16. The van der Waals surface area contributed by atoms with E-state index in [-0.39, 0.29) is 5.71 Å². The van der Waals surface area contributed by atoms with Crippen LogP contribution in [-0.2, 0) is 9.53 Å². The van der Waals surface area contributed by atoms with Crippen molar-refractivity contribution in [3.05, 3.63) is 59.7 Å². The molecule has 5 heteroatoms. The maximum atomic E-state index is 12.1. The van der Waals surface area contributed by atoms with Crippen molar-refractivity contribution in [1.82, 2.24) is 0 Å². The summed E-state index contributed by atoms with van der Waals surface area (Å²) in [5.41, 5.74) is 5.54. The minimum Gasteiger partial charge on any atom is -0.495 e. The molecule has 0 heterocycles. The molecule has 0 atom stereocenters. The van der Waals surface area contributed by atoms with E-state index in [1.807, 2.05) is 55.5 Å². The molecule has 2 aromatic rings. The molecule has 0 aliphatic rings. The number of benzene rings is 2. The fraction of sp³-hybridized carbons (Fsp3) is 0.222. The third kappa shape index (κ3) is 4.32. The van der Waals surface area contributed by atoms with E-state index < -0.39 is 5.97 Å². The van der Waals surface area contributed by atoms with Gasteiger partial charge in [0.25, 0.3) is 0 Å². The van der Waals surface area contributed by atoms with E-state index in [9.17, 15) is 4.79 Å². The maximum Gasteiger partial charge on any atom is 0.359 e. The van der Waals surface area contributed by atoms with E-state index in [1.165, 1.54) is 0 Å². The molecule has 0 bridgehead atoms. The van der Waals surface area contributed by atoms with Gasteiger partial charge in [0.2, 0.25) is 0 Å². The first-order valence-electron chi connectivity index (χ1n) is 7.36. The number of anilines is 1. The van der Waals surface area contributed by atoms with Crippen LogP contribution in [0.4, 0.5) is 5.69 Å². The minimum absolute atomic E-state index is 0.218. The number of aryl methyl sites for hydroxylation is 1. The molecule has 0 aliphatic heterocycles. The van der Waals surface area contributed by atoms with Crippen LogP contribution in [0, 0.1) is 6.92 Å². The van der Waals surface area contributed by atoms with Crippen molar-refractivity contribution >= 4 is 17.4 Å². The summed E-state index contributed by atoms with van der Waals surface area (Å²) in [7, 11) is 1.59. The van der Waals surface area contributed by atoms with Crippen molar-refractivity contribution in [2.45, 2.75) is 13.8 Å². The van der Waals surface area contributed by atoms with Gasteiger partial charge in [0, 0.05) is 5.56 Å². The number of nitrogens with zero attached hydrogens (tertiary/aromatic N) is 1. The normalized spacial score (nSPS) is 11.0. The lowest BCUT2D eigenvalue weighted by Crippen LogP contribution is -2.20. The Morgan fingerprint density at radius 1 is 1.17 bits per heavy atom. The minimum atomic E-state index is -0.475. The van der Waals surface area contributed by atoms with E-state index in [2.05, 4.69) is 10.5 Å². The van der Waals surface area contributed by atoms with Gasteiger partial charge in [-0.15, -0.1) is 0 Å². The fourth-order valence-corrected chi connectivity index (χ4v) is 2.03. The lowest BCUT2D eigenvalue weighted by atomic mass is 10.1. The first kappa shape index (κ1) is 16.5. The van der Waals surface area contributed by atoms with Gasteiger partial charge in [0.05, 0.1) is 19.4 Å². The Balaban J connectivity index is 2.33. The van der Waals surface area contributed by atoms with E-state index in [0.29, 0.717) is 23.6 Å². The average molecular weight is 312 g/mol. The predicted octanol–water partition coefficient (Wildman–Crippen LogP) is 3.38. The summed E-state index contributed by atoms with van der Waals surface area (Å²) < 4.78 is 10.4. The molecule has 0 saturated carbocycles. The first-order valence-corrected chi connectivity index (χ1v) is 7.36. The number of hydrazone groups is 1.